The van der Waals surface area contributed by atoms with Gasteiger partial charge in [-0.15, -0.1) is 0 Å². The highest BCUT2D eigenvalue weighted by Crippen LogP contribution is 2.15. The summed E-state index contributed by atoms with van der Waals surface area (Å²) in [4.78, 5) is 0. The molecule has 0 N–H and O–H groups in total. The van der Waals surface area contributed by atoms with Crippen molar-refractivity contribution in [1.29, 1.82) is 0 Å². The molecule has 1 aromatic carbocycles. The molecule has 0 aliphatic rings. The molecule has 0 unspecified atom stereocenters. The van der Waals surface area contributed by atoms with Gasteiger partial charge < -0.3 is 0 Å². The Bertz CT molecular complexity index is 246. The summed E-state index contributed by atoms with van der Waals surface area (Å²) in [5.74, 6) is 0.655. The minimum Gasteiger partial charge on any atom is -0.0710 e. The number of rotatable bonds is 3. The van der Waals surface area contributed by atoms with Gasteiger partial charge in [0.2, 0.25) is 0 Å². The SMILES string of the molecule is CC(C)c1ccc(C[Si](C)C)cc1. The molecular formula is C12H19Si. The van der Waals surface area contributed by atoms with Crippen LogP contribution in [-0.2, 0) is 6.04 Å². The van der Waals surface area contributed by atoms with Crippen LogP contribution in [0.4, 0.5) is 0 Å². The summed E-state index contributed by atoms with van der Waals surface area (Å²) in [7, 11) is -0.120. The highest BCUT2D eigenvalue weighted by atomic mass is 28.3. The molecule has 0 saturated heterocycles. The van der Waals surface area contributed by atoms with Gasteiger partial charge in [0.05, 0.1) is 0 Å². The van der Waals surface area contributed by atoms with Gasteiger partial charge in [-0.25, -0.2) is 0 Å². The second-order valence-electron chi connectivity index (χ2n) is 4.28. The smallest absolute Gasteiger partial charge is 0.0460 e. The van der Waals surface area contributed by atoms with Crippen LogP contribution >= 0.6 is 0 Å². The molecule has 0 aliphatic heterocycles. The van der Waals surface area contributed by atoms with Crippen LogP contribution in [0, 0.1) is 0 Å². The second-order valence-corrected chi connectivity index (χ2v) is 7.05. The maximum absolute atomic E-state index is 2.36. The van der Waals surface area contributed by atoms with E-state index in [-0.39, 0.29) is 8.80 Å². The van der Waals surface area contributed by atoms with Crippen LogP contribution in [0.3, 0.4) is 0 Å². The third-order valence-electron chi connectivity index (χ3n) is 2.20. The molecule has 0 aliphatic carbocycles. The first-order chi connectivity index (χ1) is 6.09. The highest BCUT2D eigenvalue weighted by molar-refractivity contribution is 6.55. The van der Waals surface area contributed by atoms with E-state index in [1.165, 1.54) is 17.2 Å². The van der Waals surface area contributed by atoms with Crippen molar-refractivity contribution in [1.82, 2.24) is 0 Å². The van der Waals surface area contributed by atoms with E-state index in [0.717, 1.165) is 0 Å². The summed E-state index contributed by atoms with van der Waals surface area (Å²) in [6.07, 6.45) is 0. The lowest BCUT2D eigenvalue weighted by atomic mass is 10.0. The maximum atomic E-state index is 2.36. The van der Waals surface area contributed by atoms with Crippen molar-refractivity contribution in [2.75, 3.05) is 0 Å². The second kappa shape index (κ2) is 4.61. The lowest BCUT2D eigenvalue weighted by Gasteiger charge is -2.07. The normalized spacial score (nSPS) is 11.2. The molecule has 0 nitrogen and oxygen atoms in total. The van der Waals surface area contributed by atoms with Crippen molar-refractivity contribution in [2.24, 2.45) is 0 Å². The van der Waals surface area contributed by atoms with Crippen LogP contribution in [0.5, 0.6) is 0 Å². The zero-order valence-corrected chi connectivity index (χ0v) is 10.1. The molecule has 0 bridgehead atoms. The summed E-state index contributed by atoms with van der Waals surface area (Å²) in [5, 5.41) is 0. The Hall–Kier alpha value is -0.563. The summed E-state index contributed by atoms with van der Waals surface area (Å²) in [6, 6.07) is 10.4. The van der Waals surface area contributed by atoms with Crippen molar-refractivity contribution in [3.63, 3.8) is 0 Å². The fourth-order valence-corrected chi connectivity index (χ4v) is 2.48. The van der Waals surface area contributed by atoms with Crippen LogP contribution < -0.4 is 0 Å². The van der Waals surface area contributed by atoms with E-state index in [4.69, 9.17) is 0 Å². The standard InChI is InChI=1S/C12H19Si/c1-10(2)12-7-5-11(6-8-12)9-13(3)4/h5-8,10H,9H2,1-4H3. The Morgan fingerprint density at radius 3 is 2.00 bits per heavy atom. The van der Waals surface area contributed by atoms with Crippen LogP contribution in [0.15, 0.2) is 24.3 Å². The van der Waals surface area contributed by atoms with E-state index >= 15 is 0 Å². The molecule has 0 spiro atoms. The minimum atomic E-state index is -0.120. The van der Waals surface area contributed by atoms with Crippen molar-refractivity contribution in [3.8, 4) is 0 Å². The first-order valence-electron chi connectivity index (χ1n) is 4.97. The van der Waals surface area contributed by atoms with Crippen molar-refractivity contribution < 1.29 is 0 Å². The Labute approximate surface area is 83.6 Å². The fraction of sp³-hybridized carbons (Fsp3) is 0.500. The molecule has 1 rings (SSSR count). The largest absolute Gasteiger partial charge is 0.0710 e. The lowest BCUT2D eigenvalue weighted by molar-refractivity contribution is 0.866. The van der Waals surface area contributed by atoms with Crippen molar-refractivity contribution in [3.05, 3.63) is 35.4 Å². The summed E-state index contributed by atoms with van der Waals surface area (Å²) in [5.41, 5.74) is 2.95. The summed E-state index contributed by atoms with van der Waals surface area (Å²) in [6.45, 7) is 9.20. The van der Waals surface area contributed by atoms with Crippen LogP contribution in [-0.4, -0.2) is 8.80 Å². The third-order valence-corrected chi connectivity index (χ3v) is 3.32. The summed E-state index contributed by atoms with van der Waals surface area (Å²) < 4.78 is 0. The van der Waals surface area contributed by atoms with Gasteiger partial charge in [-0.1, -0.05) is 56.8 Å². The van der Waals surface area contributed by atoms with Gasteiger partial charge >= 0.3 is 0 Å². The molecule has 1 heteroatoms. The first kappa shape index (κ1) is 10.5. The topological polar surface area (TPSA) is 0 Å². The Kier molecular flexibility index (Phi) is 3.73. The zero-order chi connectivity index (χ0) is 9.84. The number of hydrogen-bond acceptors (Lipinski definition) is 0. The van der Waals surface area contributed by atoms with Gasteiger partial charge in [0.15, 0.2) is 0 Å². The molecule has 1 aromatic rings. The molecule has 0 amide bonds. The molecule has 0 heterocycles. The Morgan fingerprint density at radius 2 is 1.62 bits per heavy atom. The van der Waals surface area contributed by atoms with E-state index < -0.39 is 0 Å². The van der Waals surface area contributed by atoms with Crippen LogP contribution in [0.2, 0.25) is 13.1 Å². The fourth-order valence-electron chi connectivity index (χ4n) is 1.43. The highest BCUT2D eigenvalue weighted by Gasteiger charge is 2.01. The van der Waals surface area contributed by atoms with E-state index in [0.29, 0.717) is 5.92 Å². The molecule has 0 atom stereocenters. The summed E-state index contributed by atoms with van der Waals surface area (Å²) >= 11 is 0. The quantitative estimate of drug-likeness (QED) is 0.640. The molecular weight excluding hydrogens is 172 g/mol. The number of hydrogen-bond donors (Lipinski definition) is 0. The van der Waals surface area contributed by atoms with Gasteiger partial charge in [-0.2, -0.15) is 0 Å². The lowest BCUT2D eigenvalue weighted by Crippen LogP contribution is -2.05. The predicted molar refractivity (Wildman–Crippen MR) is 61.7 cm³/mol. The first-order valence-corrected chi connectivity index (χ1v) is 7.68. The molecule has 71 valence electrons. The van der Waals surface area contributed by atoms with Crippen molar-refractivity contribution in [2.45, 2.75) is 38.9 Å². The van der Waals surface area contributed by atoms with E-state index in [9.17, 15) is 0 Å². The minimum absolute atomic E-state index is 0.120. The van der Waals surface area contributed by atoms with E-state index in [1.807, 2.05) is 0 Å². The maximum Gasteiger partial charge on any atom is 0.0460 e. The molecule has 0 aromatic heterocycles. The van der Waals surface area contributed by atoms with Crippen molar-refractivity contribution >= 4 is 8.80 Å². The van der Waals surface area contributed by atoms with Crippen LogP contribution in [0.25, 0.3) is 0 Å². The predicted octanol–water partition coefficient (Wildman–Crippen LogP) is 3.65. The Morgan fingerprint density at radius 1 is 1.08 bits per heavy atom. The molecule has 13 heavy (non-hydrogen) atoms. The average Bonchev–Trinajstić information content (AvgIpc) is 2.04. The van der Waals surface area contributed by atoms with Gasteiger partial charge in [0.25, 0.3) is 0 Å². The third kappa shape index (κ3) is 3.35. The molecule has 1 radical (unpaired) electrons. The number of benzene rings is 1. The van der Waals surface area contributed by atoms with E-state index in [1.54, 1.807) is 0 Å². The molecule has 0 saturated carbocycles. The molecule has 0 fully saturated rings. The van der Waals surface area contributed by atoms with Crippen LogP contribution in [0.1, 0.15) is 30.9 Å². The van der Waals surface area contributed by atoms with Gasteiger partial charge in [-0.3, -0.25) is 0 Å². The van der Waals surface area contributed by atoms with Gasteiger partial charge in [-0.05, 0) is 17.5 Å². The average molecular weight is 191 g/mol. The van der Waals surface area contributed by atoms with Gasteiger partial charge in [0.1, 0.15) is 0 Å². The Balaban J connectivity index is 2.70. The monoisotopic (exact) mass is 191 g/mol. The van der Waals surface area contributed by atoms with E-state index in [2.05, 4.69) is 51.2 Å². The zero-order valence-electron chi connectivity index (χ0n) is 9.09. The van der Waals surface area contributed by atoms with Gasteiger partial charge in [0, 0.05) is 8.80 Å².